The van der Waals surface area contributed by atoms with Crippen LogP contribution in [0.5, 0.6) is 0 Å². The molecule has 3 rings (SSSR count). The van der Waals surface area contributed by atoms with Crippen molar-refractivity contribution in [2.24, 2.45) is 5.92 Å². The SMILES string of the molecule is CC(C)C(CNCc1nc(-c2ccccc2)cs1)N1CCN(C)CC1. The van der Waals surface area contributed by atoms with Crippen LogP contribution in [0.3, 0.4) is 0 Å². The third kappa shape index (κ3) is 5.11. The highest BCUT2D eigenvalue weighted by Crippen LogP contribution is 2.21. The van der Waals surface area contributed by atoms with Gasteiger partial charge < -0.3 is 10.2 Å². The van der Waals surface area contributed by atoms with Crippen molar-refractivity contribution in [2.75, 3.05) is 39.8 Å². The van der Waals surface area contributed by atoms with Crippen molar-refractivity contribution in [3.8, 4) is 11.3 Å². The van der Waals surface area contributed by atoms with Gasteiger partial charge in [-0.1, -0.05) is 44.2 Å². The Morgan fingerprint density at radius 2 is 1.84 bits per heavy atom. The lowest BCUT2D eigenvalue weighted by atomic mass is 10.0. The lowest BCUT2D eigenvalue weighted by Crippen LogP contribution is -2.53. The summed E-state index contributed by atoms with van der Waals surface area (Å²) >= 11 is 1.75. The minimum atomic E-state index is 0.599. The molecule has 1 aliphatic rings. The largest absolute Gasteiger partial charge is 0.309 e. The Balaban J connectivity index is 1.52. The number of hydrogen-bond acceptors (Lipinski definition) is 5. The average molecular weight is 359 g/mol. The molecule has 2 aromatic rings. The number of aromatic nitrogens is 1. The first-order chi connectivity index (χ1) is 12.1. The first-order valence-electron chi connectivity index (χ1n) is 9.26. The molecular weight excluding hydrogens is 328 g/mol. The highest BCUT2D eigenvalue weighted by molar-refractivity contribution is 7.09. The minimum Gasteiger partial charge on any atom is -0.309 e. The second kappa shape index (κ2) is 8.90. The molecule has 0 bridgehead atoms. The van der Waals surface area contributed by atoms with Crippen LogP contribution < -0.4 is 5.32 Å². The summed E-state index contributed by atoms with van der Waals surface area (Å²) < 4.78 is 0. The number of hydrogen-bond donors (Lipinski definition) is 1. The normalized spacial score (nSPS) is 17.9. The van der Waals surface area contributed by atoms with E-state index >= 15 is 0 Å². The van der Waals surface area contributed by atoms with Gasteiger partial charge in [-0.15, -0.1) is 11.3 Å². The summed E-state index contributed by atoms with van der Waals surface area (Å²) in [4.78, 5) is 9.85. The second-order valence-electron chi connectivity index (χ2n) is 7.27. The number of thiazole rings is 1. The Hall–Kier alpha value is -1.27. The highest BCUT2D eigenvalue weighted by atomic mass is 32.1. The number of likely N-dealkylation sites (N-methyl/N-ethyl adjacent to an activating group) is 1. The molecule has 5 heteroatoms. The van der Waals surface area contributed by atoms with E-state index in [-0.39, 0.29) is 0 Å². The molecule has 1 unspecified atom stereocenters. The van der Waals surface area contributed by atoms with E-state index in [4.69, 9.17) is 4.98 Å². The monoisotopic (exact) mass is 358 g/mol. The van der Waals surface area contributed by atoms with E-state index in [1.54, 1.807) is 11.3 Å². The summed E-state index contributed by atoms with van der Waals surface area (Å²) in [6, 6.07) is 11.0. The van der Waals surface area contributed by atoms with Crippen LogP contribution in [-0.2, 0) is 6.54 Å². The molecule has 0 saturated carbocycles. The van der Waals surface area contributed by atoms with Crippen molar-refractivity contribution in [2.45, 2.75) is 26.4 Å². The summed E-state index contributed by atoms with van der Waals surface area (Å²) in [5.74, 6) is 0.659. The van der Waals surface area contributed by atoms with Gasteiger partial charge in [0.2, 0.25) is 0 Å². The number of rotatable bonds is 7. The van der Waals surface area contributed by atoms with Gasteiger partial charge in [0.1, 0.15) is 5.01 Å². The van der Waals surface area contributed by atoms with Gasteiger partial charge in [-0.3, -0.25) is 4.90 Å². The Bertz CT molecular complexity index is 632. The molecule has 1 saturated heterocycles. The van der Waals surface area contributed by atoms with Crippen molar-refractivity contribution in [3.05, 3.63) is 40.7 Å². The van der Waals surface area contributed by atoms with Crippen LogP contribution in [0, 0.1) is 5.92 Å². The third-order valence-corrected chi connectivity index (χ3v) is 5.88. The van der Waals surface area contributed by atoms with E-state index in [9.17, 15) is 0 Å². The molecule has 25 heavy (non-hydrogen) atoms. The van der Waals surface area contributed by atoms with E-state index in [0.717, 1.165) is 18.8 Å². The molecule has 1 N–H and O–H groups in total. The van der Waals surface area contributed by atoms with Gasteiger partial charge in [0, 0.05) is 56.3 Å². The van der Waals surface area contributed by atoms with Crippen LogP contribution in [0.2, 0.25) is 0 Å². The number of nitrogens with zero attached hydrogens (tertiary/aromatic N) is 3. The maximum atomic E-state index is 4.78. The standard InChI is InChI=1S/C20H30N4S/c1-16(2)19(24-11-9-23(3)10-12-24)13-21-14-20-22-18(15-25-20)17-7-5-4-6-8-17/h4-8,15-16,19,21H,9-14H2,1-3H3. The molecule has 0 aliphatic carbocycles. The quantitative estimate of drug-likeness (QED) is 0.824. The summed E-state index contributed by atoms with van der Waals surface area (Å²) in [5, 5.41) is 6.97. The first kappa shape index (κ1) is 18.5. The summed E-state index contributed by atoms with van der Waals surface area (Å²) in [5.41, 5.74) is 2.28. The van der Waals surface area contributed by atoms with E-state index in [1.807, 2.05) is 6.07 Å². The Morgan fingerprint density at radius 1 is 1.12 bits per heavy atom. The fourth-order valence-corrected chi connectivity index (χ4v) is 4.17. The predicted molar refractivity (Wildman–Crippen MR) is 107 cm³/mol. The van der Waals surface area contributed by atoms with Gasteiger partial charge in [0.25, 0.3) is 0 Å². The Morgan fingerprint density at radius 3 is 2.52 bits per heavy atom. The molecule has 136 valence electrons. The van der Waals surface area contributed by atoms with Gasteiger partial charge in [0.15, 0.2) is 0 Å². The second-order valence-corrected chi connectivity index (χ2v) is 8.22. The zero-order valence-corrected chi connectivity index (χ0v) is 16.4. The fourth-order valence-electron chi connectivity index (χ4n) is 3.40. The topological polar surface area (TPSA) is 31.4 Å². The third-order valence-electron chi connectivity index (χ3n) is 5.03. The number of benzene rings is 1. The van der Waals surface area contributed by atoms with E-state index in [1.165, 1.54) is 36.8 Å². The van der Waals surface area contributed by atoms with E-state index in [2.05, 4.69) is 65.7 Å². The molecule has 0 spiro atoms. The van der Waals surface area contributed by atoms with Crippen LogP contribution in [0.4, 0.5) is 0 Å². The molecular formula is C20H30N4S. The number of nitrogens with one attached hydrogen (secondary N) is 1. The highest BCUT2D eigenvalue weighted by Gasteiger charge is 2.24. The summed E-state index contributed by atoms with van der Waals surface area (Å²) in [7, 11) is 2.22. The Kier molecular flexibility index (Phi) is 6.59. The zero-order valence-electron chi connectivity index (χ0n) is 15.6. The molecule has 1 fully saturated rings. The van der Waals surface area contributed by atoms with Crippen LogP contribution in [0.1, 0.15) is 18.9 Å². The van der Waals surface area contributed by atoms with Crippen molar-refractivity contribution >= 4 is 11.3 Å². The van der Waals surface area contributed by atoms with Crippen LogP contribution in [-0.4, -0.2) is 60.6 Å². The van der Waals surface area contributed by atoms with Crippen molar-refractivity contribution in [1.29, 1.82) is 0 Å². The molecule has 0 radical (unpaired) electrons. The molecule has 2 heterocycles. The van der Waals surface area contributed by atoms with Crippen molar-refractivity contribution in [3.63, 3.8) is 0 Å². The lowest BCUT2D eigenvalue weighted by molar-refractivity contribution is 0.0875. The Labute approximate surface area is 155 Å². The zero-order chi connectivity index (χ0) is 17.6. The van der Waals surface area contributed by atoms with Crippen LogP contribution in [0.25, 0.3) is 11.3 Å². The summed E-state index contributed by atoms with van der Waals surface area (Å²) in [6.45, 7) is 11.3. The molecule has 1 atom stereocenters. The van der Waals surface area contributed by atoms with Gasteiger partial charge in [-0.25, -0.2) is 4.98 Å². The van der Waals surface area contributed by atoms with Crippen LogP contribution in [0.15, 0.2) is 35.7 Å². The molecule has 0 amide bonds. The molecule has 1 aromatic heterocycles. The van der Waals surface area contributed by atoms with E-state index < -0.39 is 0 Å². The molecule has 1 aliphatic heterocycles. The van der Waals surface area contributed by atoms with Gasteiger partial charge in [0.05, 0.1) is 5.69 Å². The van der Waals surface area contributed by atoms with Crippen molar-refractivity contribution < 1.29 is 0 Å². The van der Waals surface area contributed by atoms with Gasteiger partial charge in [-0.05, 0) is 13.0 Å². The van der Waals surface area contributed by atoms with Crippen LogP contribution >= 0.6 is 11.3 Å². The first-order valence-corrected chi connectivity index (χ1v) is 10.1. The summed E-state index contributed by atoms with van der Waals surface area (Å²) in [6.07, 6.45) is 0. The number of piperazine rings is 1. The lowest BCUT2D eigenvalue weighted by Gasteiger charge is -2.40. The fraction of sp³-hybridized carbons (Fsp3) is 0.550. The van der Waals surface area contributed by atoms with E-state index in [0.29, 0.717) is 12.0 Å². The smallest absolute Gasteiger partial charge is 0.107 e. The molecule has 4 nitrogen and oxygen atoms in total. The molecule has 1 aromatic carbocycles. The van der Waals surface area contributed by atoms with Crippen molar-refractivity contribution in [1.82, 2.24) is 20.1 Å². The predicted octanol–water partition coefficient (Wildman–Crippen LogP) is 3.17. The maximum absolute atomic E-state index is 4.78. The minimum absolute atomic E-state index is 0.599. The maximum Gasteiger partial charge on any atom is 0.107 e. The van der Waals surface area contributed by atoms with Gasteiger partial charge in [-0.2, -0.15) is 0 Å². The van der Waals surface area contributed by atoms with Gasteiger partial charge >= 0.3 is 0 Å². The average Bonchev–Trinajstić information content (AvgIpc) is 3.09.